The quantitative estimate of drug-likeness (QED) is 0.315. The van der Waals surface area contributed by atoms with Gasteiger partial charge >= 0.3 is 6.36 Å². The molecule has 202 valence electrons. The number of alkyl halides is 3. The van der Waals surface area contributed by atoms with Crippen LogP contribution in [0.5, 0.6) is 11.5 Å². The first-order valence-corrected chi connectivity index (χ1v) is 11.7. The van der Waals surface area contributed by atoms with Crippen molar-refractivity contribution in [1.29, 1.82) is 0 Å². The summed E-state index contributed by atoms with van der Waals surface area (Å²) < 4.78 is 48.0. The largest absolute Gasteiger partial charge is 0.573 e. The zero-order chi connectivity index (χ0) is 27.0. The first-order valence-electron chi connectivity index (χ1n) is 11.7. The topological polar surface area (TPSA) is 98.3 Å². The minimum Gasteiger partial charge on any atom is -0.452 e. The molecule has 37 heavy (non-hydrogen) atoms. The monoisotopic (exact) mass is 523 g/mol. The van der Waals surface area contributed by atoms with Gasteiger partial charge in [0.1, 0.15) is 23.0 Å². The molecule has 3 rings (SSSR count). The lowest BCUT2D eigenvalue weighted by Gasteiger charge is -2.28. The van der Waals surface area contributed by atoms with Gasteiger partial charge in [-0.3, -0.25) is 4.79 Å². The molecule has 1 aliphatic heterocycles. The molecule has 0 saturated heterocycles. The SMILES string of the molecule is CNC1=C(C(=O)NCCCO)N(Cc2ccc(CN(C)C)cc2)C(Oc2cccc(OC(F)(F)F)c2)N1. The van der Waals surface area contributed by atoms with Gasteiger partial charge in [-0.1, -0.05) is 30.3 Å². The van der Waals surface area contributed by atoms with Crippen LogP contribution < -0.4 is 25.4 Å². The Kier molecular flexibility index (Phi) is 9.48. The van der Waals surface area contributed by atoms with E-state index in [4.69, 9.17) is 9.84 Å². The maximum atomic E-state index is 13.1. The van der Waals surface area contributed by atoms with Gasteiger partial charge in [-0.15, -0.1) is 13.2 Å². The molecule has 0 fully saturated rings. The molecule has 1 atom stereocenters. The highest BCUT2D eigenvalue weighted by Gasteiger charge is 2.37. The molecule has 1 heterocycles. The predicted octanol–water partition coefficient (Wildman–Crippen LogP) is 2.30. The second kappa shape index (κ2) is 12.5. The third-order valence-corrected chi connectivity index (χ3v) is 5.32. The molecule has 12 heteroatoms. The van der Waals surface area contributed by atoms with E-state index >= 15 is 0 Å². The number of carbonyl (C=O) groups excluding carboxylic acids is 1. The first kappa shape index (κ1) is 27.9. The van der Waals surface area contributed by atoms with Crippen molar-refractivity contribution < 1.29 is 32.5 Å². The van der Waals surface area contributed by atoms with Crippen molar-refractivity contribution in [2.75, 3.05) is 34.3 Å². The van der Waals surface area contributed by atoms with Gasteiger partial charge in [-0.05, 0) is 43.8 Å². The van der Waals surface area contributed by atoms with Crippen LogP contribution >= 0.6 is 0 Å². The van der Waals surface area contributed by atoms with Crippen LogP contribution in [0.25, 0.3) is 0 Å². The summed E-state index contributed by atoms with van der Waals surface area (Å²) in [5, 5.41) is 17.9. The lowest BCUT2D eigenvalue weighted by Crippen LogP contribution is -2.44. The van der Waals surface area contributed by atoms with E-state index in [9.17, 15) is 18.0 Å². The smallest absolute Gasteiger partial charge is 0.452 e. The molecule has 2 aromatic carbocycles. The Morgan fingerprint density at radius 3 is 2.43 bits per heavy atom. The molecule has 1 amide bonds. The summed E-state index contributed by atoms with van der Waals surface area (Å²) in [5.74, 6) is -0.314. The molecule has 0 spiro atoms. The van der Waals surface area contributed by atoms with E-state index in [0.717, 1.165) is 23.7 Å². The zero-order valence-electron chi connectivity index (χ0n) is 20.9. The average molecular weight is 524 g/mol. The van der Waals surface area contributed by atoms with Crippen molar-refractivity contribution >= 4 is 5.91 Å². The number of amides is 1. The Balaban J connectivity index is 1.87. The lowest BCUT2D eigenvalue weighted by atomic mass is 10.1. The lowest BCUT2D eigenvalue weighted by molar-refractivity contribution is -0.274. The summed E-state index contributed by atoms with van der Waals surface area (Å²) in [6.07, 6.45) is -5.36. The third kappa shape index (κ3) is 8.19. The van der Waals surface area contributed by atoms with E-state index in [1.165, 1.54) is 18.2 Å². The van der Waals surface area contributed by atoms with E-state index < -0.39 is 24.4 Å². The molecular formula is C25H32F3N5O4. The third-order valence-electron chi connectivity index (χ3n) is 5.32. The average Bonchev–Trinajstić information content (AvgIpc) is 3.16. The molecule has 2 aromatic rings. The van der Waals surface area contributed by atoms with Crippen LogP contribution in [0.1, 0.15) is 17.5 Å². The van der Waals surface area contributed by atoms with Gasteiger partial charge in [-0.25, -0.2) is 0 Å². The van der Waals surface area contributed by atoms with Crippen LogP contribution in [0.3, 0.4) is 0 Å². The van der Waals surface area contributed by atoms with Crippen molar-refractivity contribution in [1.82, 2.24) is 25.8 Å². The standard InChI is InChI=1S/C25H32F3N5O4/c1-29-22-21(23(35)30-12-5-13-34)33(16-18-10-8-17(9-11-18)15-32(2)3)24(31-22)36-19-6-4-7-20(14-19)37-25(26,27)28/h4,6-11,14,24,29,31,34H,5,12-13,15-16H2,1-3H3,(H,30,35). The Morgan fingerprint density at radius 2 is 1.81 bits per heavy atom. The van der Waals surface area contributed by atoms with E-state index in [-0.39, 0.29) is 31.1 Å². The molecule has 9 nitrogen and oxygen atoms in total. The van der Waals surface area contributed by atoms with Gasteiger partial charge in [0.25, 0.3) is 12.3 Å². The Bertz CT molecular complexity index is 1080. The summed E-state index contributed by atoms with van der Waals surface area (Å²) in [5.41, 5.74) is 2.28. The molecule has 0 saturated carbocycles. The first-order chi connectivity index (χ1) is 17.6. The Morgan fingerprint density at radius 1 is 1.14 bits per heavy atom. The number of aliphatic hydroxyl groups is 1. The van der Waals surface area contributed by atoms with Crippen molar-refractivity contribution in [2.45, 2.75) is 32.2 Å². The van der Waals surface area contributed by atoms with E-state index in [1.807, 2.05) is 38.4 Å². The predicted molar refractivity (Wildman–Crippen MR) is 131 cm³/mol. The highest BCUT2D eigenvalue weighted by atomic mass is 19.4. The molecule has 1 aliphatic rings. The summed E-state index contributed by atoms with van der Waals surface area (Å²) in [6, 6.07) is 13.1. The van der Waals surface area contributed by atoms with Crippen molar-refractivity contribution in [3.05, 3.63) is 71.2 Å². The number of benzene rings is 2. The fraction of sp³-hybridized carbons (Fsp3) is 0.400. The highest BCUT2D eigenvalue weighted by molar-refractivity contribution is 5.94. The fourth-order valence-corrected chi connectivity index (χ4v) is 3.77. The van der Waals surface area contributed by atoms with Crippen LogP contribution in [0.4, 0.5) is 13.2 Å². The summed E-state index contributed by atoms with van der Waals surface area (Å²) in [6.45, 7) is 1.25. The van der Waals surface area contributed by atoms with Gasteiger partial charge in [0, 0.05) is 39.4 Å². The van der Waals surface area contributed by atoms with Crippen molar-refractivity contribution in [3.63, 3.8) is 0 Å². The minimum atomic E-state index is -4.84. The molecule has 0 radical (unpaired) electrons. The second-order valence-corrected chi connectivity index (χ2v) is 8.63. The maximum absolute atomic E-state index is 13.1. The summed E-state index contributed by atoms with van der Waals surface area (Å²) in [7, 11) is 5.59. The Hall–Kier alpha value is -3.64. The number of rotatable bonds is 12. The normalized spacial score (nSPS) is 15.6. The van der Waals surface area contributed by atoms with Gasteiger partial charge in [0.15, 0.2) is 0 Å². The molecule has 0 bridgehead atoms. The number of carbonyl (C=O) groups is 1. The minimum absolute atomic E-state index is 0.0679. The number of halogens is 3. The van der Waals surface area contributed by atoms with E-state index in [2.05, 4.69) is 25.6 Å². The van der Waals surface area contributed by atoms with Gasteiger partial charge in [0.05, 0.1) is 0 Å². The zero-order valence-corrected chi connectivity index (χ0v) is 20.9. The van der Waals surface area contributed by atoms with Crippen LogP contribution in [-0.2, 0) is 17.9 Å². The maximum Gasteiger partial charge on any atom is 0.573 e. The molecule has 1 unspecified atom stereocenters. The number of ether oxygens (including phenoxy) is 2. The van der Waals surface area contributed by atoms with Crippen molar-refractivity contribution in [2.24, 2.45) is 0 Å². The molecule has 4 N–H and O–H groups in total. The van der Waals surface area contributed by atoms with Gasteiger partial charge < -0.3 is 40.3 Å². The van der Waals surface area contributed by atoms with Crippen LogP contribution in [-0.4, -0.2) is 67.8 Å². The Labute approximate surface area is 213 Å². The van der Waals surface area contributed by atoms with Crippen LogP contribution in [0, 0.1) is 0 Å². The number of hydrogen-bond acceptors (Lipinski definition) is 8. The van der Waals surface area contributed by atoms with E-state index in [0.29, 0.717) is 12.2 Å². The molecular weight excluding hydrogens is 491 g/mol. The van der Waals surface area contributed by atoms with Gasteiger partial charge in [-0.2, -0.15) is 0 Å². The fourth-order valence-electron chi connectivity index (χ4n) is 3.77. The summed E-state index contributed by atoms with van der Waals surface area (Å²) in [4.78, 5) is 16.8. The summed E-state index contributed by atoms with van der Waals surface area (Å²) >= 11 is 0. The van der Waals surface area contributed by atoms with Crippen LogP contribution in [0.2, 0.25) is 0 Å². The number of nitrogens with one attached hydrogen (secondary N) is 3. The van der Waals surface area contributed by atoms with E-state index in [1.54, 1.807) is 11.9 Å². The number of nitrogens with zero attached hydrogens (tertiary/aromatic N) is 2. The number of aliphatic hydroxyl groups excluding tert-OH is 1. The number of hydrogen-bond donors (Lipinski definition) is 4. The highest BCUT2D eigenvalue weighted by Crippen LogP contribution is 2.29. The van der Waals surface area contributed by atoms with Crippen LogP contribution in [0.15, 0.2) is 60.0 Å². The van der Waals surface area contributed by atoms with Crippen molar-refractivity contribution in [3.8, 4) is 11.5 Å². The molecule has 0 aromatic heterocycles. The molecule has 0 aliphatic carbocycles. The van der Waals surface area contributed by atoms with Gasteiger partial charge in [0.2, 0.25) is 0 Å². The second-order valence-electron chi connectivity index (χ2n) is 8.63.